The monoisotopic (exact) mass is 581 g/mol. The Labute approximate surface area is 227 Å². The fraction of sp³-hybridized carbons (Fsp3) is 0.321. The molecule has 0 bridgehead atoms. The zero-order chi connectivity index (χ0) is 26.6. The Hall–Kier alpha value is -3.50. The molecule has 3 aromatic rings. The number of benzene rings is 3. The van der Waals surface area contributed by atoms with Crippen molar-refractivity contribution in [1.82, 2.24) is 4.90 Å². The van der Waals surface area contributed by atoms with E-state index in [1.54, 1.807) is 24.3 Å². The first kappa shape index (κ1) is 24.8. The summed E-state index contributed by atoms with van der Waals surface area (Å²) in [5, 5.41) is 15.7. The molecule has 1 amide bonds. The number of carbonyl (C=O) groups excluding carboxylic acids is 1. The van der Waals surface area contributed by atoms with E-state index < -0.39 is 17.5 Å². The van der Waals surface area contributed by atoms with Gasteiger partial charge in [-0.05, 0) is 70.2 Å². The van der Waals surface area contributed by atoms with Crippen LogP contribution in [0, 0.1) is 15.9 Å². The molecule has 0 aromatic heterocycles. The van der Waals surface area contributed by atoms with Gasteiger partial charge in [0.1, 0.15) is 12.4 Å². The van der Waals surface area contributed by atoms with Gasteiger partial charge < -0.3 is 14.8 Å². The number of anilines is 1. The van der Waals surface area contributed by atoms with Gasteiger partial charge in [0.2, 0.25) is 0 Å². The number of hydrogen-bond donors (Lipinski definition) is 1. The molecule has 0 aliphatic carbocycles. The first-order valence-corrected chi connectivity index (χ1v) is 13.2. The number of amides is 1. The van der Waals surface area contributed by atoms with E-state index in [0.717, 1.165) is 18.4 Å². The third-order valence-corrected chi connectivity index (χ3v) is 8.62. The summed E-state index contributed by atoms with van der Waals surface area (Å²) in [6.45, 7) is 0.788. The smallest absolute Gasteiger partial charge is 0.256 e. The maximum atomic E-state index is 13.6. The normalized spacial score (nSPS) is 25.8. The van der Waals surface area contributed by atoms with Crippen molar-refractivity contribution in [3.8, 4) is 11.5 Å². The van der Waals surface area contributed by atoms with Crippen molar-refractivity contribution in [3.05, 3.63) is 97.8 Å². The summed E-state index contributed by atoms with van der Waals surface area (Å²) >= 11 is 3.59. The van der Waals surface area contributed by atoms with Crippen molar-refractivity contribution in [1.29, 1.82) is 0 Å². The second kappa shape index (κ2) is 9.36. The van der Waals surface area contributed by atoms with Crippen LogP contribution in [0.25, 0.3) is 0 Å². The summed E-state index contributed by atoms with van der Waals surface area (Å²) in [5.74, 6) is -0.370. The molecule has 2 fully saturated rings. The van der Waals surface area contributed by atoms with E-state index in [4.69, 9.17) is 9.47 Å². The standard InChI is InChI=1S/C28H25BrFN3O5/c1-37-23-14-17(13-20(29)25(23)38-15-16-8-10-18(30)11-9-16)24-22-7-4-12-32(22)28(26(24)33(35)36)19-5-2-3-6-21(19)31-27(28)34/h2-3,5-6,8-11,13-14,22,24,26H,4,7,12,15H2,1H3,(H,31,34)/t22-,24+,26+,28-/m0/s1. The molecule has 0 saturated carbocycles. The van der Waals surface area contributed by atoms with E-state index in [0.29, 0.717) is 39.3 Å². The molecule has 8 nitrogen and oxygen atoms in total. The van der Waals surface area contributed by atoms with E-state index in [-0.39, 0.29) is 29.3 Å². The lowest BCUT2D eigenvalue weighted by molar-refractivity contribution is -0.534. The maximum absolute atomic E-state index is 13.6. The molecule has 4 atom stereocenters. The van der Waals surface area contributed by atoms with Crippen molar-refractivity contribution >= 4 is 27.5 Å². The van der Waals surface area contributed by atoms with Gasteiger partial charge in [-0.2, -0.15) is 0 Å². The molecule has 6 rings (SSSR count). The van der Waals surface area contributed by atoms with Gasteiger partial charge in [0.15, 0.2) is 17.0 Å². The zero-order valence-corrected chi connectivity index (χ0v) is 22.1. The number of fused-ring (bicyclic) bond motifs is 4. The summed E-state index contributed by atoms with van der Waals surface area (Å²) in [6, 6.07) is 15.5. The van der Waals surface area contributed by atoms with Gasteiger partial charge >= 0.3 is 0 Å². The minimum Gasteiger partial charge on any atom is -0.493 e. The molecule has 0 unspecified atom stereocenters. The average Bonchev–Trinajstić information content (AvgIpc) is 3.57. The molecule has 1 spiro atoms. The van der Waals surface area contributed by atoms with E-state index in [9.17, 15) is 19.3 Å². The van der Waals surface area contributed by atoms with Gasteiger partial charge in [-0.15, -0.1) is 0 Å². The van der Waals surface area contributed by atoms with E-state index >= 15 is 0 Å². The highest BCUT2D eigenvalue weighted by Gasteiger charge is 2.73. The Morgan fingerprint density at radius 2 is 1.97 bits per heavy atom. The van der Waals surface area contributed by atoms with Crippen LogP contribution in [0.5, 0.6) is 11.5 Å². The predicted octanol–water partition coefficient (Wildman–Crippen LogP) is 5.23. The highest BCUT2D eigenvalue weighted by molar-refractivity contribution is 9.10. The number of rotatable bonds is 6. The quantitative estimate of drug-likeness (QED) is 0.316. The third kappa shape index (κ3) is 3.61. The van der Waals surface area contributed by atoms with Crippen LogP contribution in [0.3, 0.4) is 0 Å². The molecule has 0 radical (unpaired) electrons. The van der Waals surface area contributed by atoms with Crippen LogP contribution >= 0.6 is 15.9 Å². The van der Waals surface area contributed by atoms with Gasteiger partial charge in [-0.1, -0.05) is 30.3 Å². The number of nitrogens with zero attached hydrogens (tertiary/aromatic N) is 2. The van der Waals surface area contributed by atoms with E-state index in [1.165, 1.54) is 19.2 Å². The highest BCUT2D eigenvalue weighted by atomic mass is 79.9. The topological polar surface area (TPSA) is 93.9 Å². The summed E-state index contributed by atoms with van der Waals surface area (Å²) in [5.41, 5.74) is 1.38. The molecule has 38 heavy (non-hydrogen) atoms. The fourth-order valence-electron chi connectivity index (χ4n) is 6.58. The van der Waals surface area contributed by atoms with Crippen LogP contribution in [-0.2, 0) is 16.9 Å². The molecule has 196 valence electrons. The first-order chi connectivity index (χ1) is 18.4. The highest BCUT2D eigenvalue weighted by Crippen LogP contribution is 2.58. The second-order valence-electron chi connectivity index (χ2n) is 9.87. The van der Waals surface area contributed by atoms with E-state index in [2.05, 4.69) is 21.2 Å². The van der Waals surface area contributed by atoms with Crippen molar-refractivity contribution in [2.45, 2.75) is 43.0 Å². The van der Waals surface area contributed by atoms with Crippen LogP contribution in [0.15, 0.2) is 65.1 Å². The maximum Gasteiger partial charge on any atom is 0.256 e. The largest absolute Gasteiger partial charge is 0.493 e. The average molecular weight is 582 g/mol. The number of methoxy groups -OCH3 is 1. The Morgan fingerprint density at radius 3 is 2.71 bits per heavy atom. The number of halogens is 2. The molecule has 1 N–H and O–H groups in total. The summed E-state index contributed by atoms with van der Waals surface area (Å²) in [7, 11) is 1.51. The van der Waals surface area contributed by atoms with Gasteiger partial charge in [-0.3, -0.25) is 19.8 Å². The lowest BCUT2D eigenvalue weighted by Crippen LogP contribution is -2.55. The molecule has 3 aliphatic rings. The Kier molecular flexibility index (Phi) is 6.11. The number of nitro groups is 1. The fourth-order valence-corrected chi connectivity index (χ4v) is 7.16. The van der Waals surface area contributed by atoms with Crippen molar-refractivity contribution < 1.29 is 23.6 Å². The molecule has 3 heterocycles. The molecular weight excluding hydrogens is 557 g/mol. The number of carbonyl (C=O) groups is 1. The molecular formula is C28H25BrFN3O5. The minimum atomic E-state index is -1.39. The number of para-hydroxylation sites is 1. The first-order valence-electron chi connectivity index (χ1n) is 12.4. The van der Waals surface area contributed by atoms with Crippen LogP contribution in [0.2, 0.25) is 0 Å². The molecule has 10 heteroatoms. The minimum absolute atomic E-state index is 0.187. The summed E-state index contributed by atoms with van der Waals surface area (Å²) < 4.78 is 25.5. The lowest BCUT2D eigenvalue weighted by atomic mass is 9.77. The zero-order valence-electron chi connectivity index (χ0n) is 20.5. The number of nitrogens with one attached hydrogen (secondary N) is 1. The van der Waals surface area contributed by atoms with Gasteiger partial charge in [0, 0.05) is 28.8 Å². The second-order valence-corrected chi connectivity index (χ2v) is 10.7. The number of ether oxygens (including phenoxy) is 2. The SMILES string of the molecule is COc1cc([C@@H]2[C@@H]3CCCN3[C@]3(C(=O)Nc4ccccc43)[C@@H]2[N+](=O)[O-])cc(Br)c1OCc1ccc(F)cc1. The van der Waals surface area contributed by atoms with E-state index in [1.807, 2.05) is 29.2 Å². The lowest BCUT2D eigenvalue weighted by Gasteiger charge is -2.32. The Morgan fingerprint density at radius 1 is 1.21 bits per heavy atom. The molecule has 3 aromatic carbocycles. The van der Waals surface area contributed by atoms with Gasteiger partial charge in [0.05, 0.1) is 17.5 Å². The molecule has 2 saturated heterocycles. The van der Waals surface area contributed by atoms with Crippen LogP contribution in [0.1, 0.15) is 35.4 Å². The van der Waals surface area contributed by atoms with Crippen LogP contribution in [0.4, 0.5) is 10.1 Å². The van der Waals surface area contributed by atoms with Crippen molar-refractivity contribution in [2.24, 2.45) is 0 Å². The van der Waals surface area contributed by atoms with Crippen molar-refractivity contribution in [3.63, 3.8) is 0 Å². The predicted molar refractivity (Wildman–Crippen MR) is 141 cm³/mol. The Bertz CT molecular complexity index is 1430. The summed E-state index contributed by atoms with van der Waals surface area (Å²) in [4.78, 5) is 28.2. The number of hydrogen-bond acceptors (Lipinski definition) is 6. The summed E-state index contributed by atoms with van der Waals surface area (Å²) in [6.07, 6.45) is 1.59. The van der Waals surface area contributed by atoms with Crippen LogP contribution in [-0.4, -0.2) is 41.5 Å². The Balaban J connectivity index is 1.42. The third-order valence-electron chi connectivity index (χ3n) is 8.03. The van der Waals surface area contributed by atoms with Crippen LogP contribution < -0.4 is 14.8 Å². The molecule has 3 aliphatic heterocycles. The van der Waals surface area contributed by atoms with Gasteiger partial charge in [-0.25, -0.2) is 4.39 Å². The van der Waals surface area contributed by atoms with Gasteiger partial charge in [0.25, 0.3) is 11.9 Å². The van der Waals surface area contributed by atoms with Crippen molar-refractivity contribution in [2.75, 3.05) is 19.0 Å².